The van der Waals surface area contributed by atoms with Crippen LogP contribution in [0, 0.1) is 0 Å². The van der Waals surface area contributed by atoms with Gasteiger partial charge in [-0.3, -0.25) is 0 Å². The molecule has 0 saturated carbocycles. The highest BCUT2D eigenvalue weighted by atomic mass is 16.5. The highest BCUT2D eigenvalue weighted by Crippen LogP contribution is 2.14. The van der Waals surface area contributed by atoms with E-state index in [4.69, 9.17) is 13.9 Å². The SMILES string of the molecule is COC(=O)c1cccc(NCc2nnc(COc3ccccc3)o2)c1. The molecule has 1 aromatic heterocycles. The zero-order valence-electron chi connectivity index (χ0n) is 13.6. The number of hydrogen-bond donors (Lipinski definition) is 1. The molecule has 3 rings (SSSR count). The molecule has 0 radical (unpaired) electrons. The van der Waals surface area contributed by atoms with E-state index in [9.17, 15) is 4.79 Å². The van der Waals surface area contributed by atoms with Gasteiger partial charge in [-0.1, -0.05) is 24.3 Å². The van der Waals surface area contributed by atoms with Crippen LogP contribution in [0.3, 0.4) is 0 Å². The van der Waals surface area contributed by atoms with Crippen molar-refractivity contribution in [2.75, 3.05) is 12.4 Å². The van der Waals surface area contributed by atoms with Crippen molar-refractivity contribution < 1.29 is 18.7 Å². The zero-order valence-corrected chi connectivity index (χ0v) is 13.6. The normalized spacial score (nSPS) is 10.3. The molecule has 1 heterocycles. The second kappa shape index (κ2) is 7.96. The van der Waals surface area contributed by atoms with Crippen LogP contribution in [0.4, 0.5) is 5.69 Å². The van der Waals surface area contributed by atoms with Gasteiger partial charge in [0.2, 0.25) is 5.89 Å². The second-order valence-electron chi connectivity index (χ2n) is 5.12. The summed E-state index contributed by atoms with van der Waals surface area (Å²) in [5, 5.41) is 11.0. The Labute approximate surface area is 144 Å². The second-order valence-corrected chi connectivity index (χ2v) is 5.12. The van der Waals surface area contributed by atoms with Gasteiger partial charge in [0.15, 0.2) is 6.61 Å². The van der Waals surface area contributed by atoms with Gasteiger partial charge < -0.3 is 19.2 Å². The van der Waals surface area contributed by atoms with Crippen molar-refractivity contribution in [3.05, 3.63) is 71.9 Å². The van der Waals surface area contributed by atoms with Gasteiger partial charge in [-0.15, -0.1) is 10.2 Å². The van der Waals surface area contributed by atoms with Gasteiger partial charge in [-0.2, -0.15) is 0 Å². The molecule has 0 atom stereocenters. The highest BCUT2D eigenvalue weighted by molar-refractivity contribution is 5.90. The maximum Gasteiger partial charge on any atom is 0.337 e. The lowest BCUT2D eigenvalue weighted by molar-refractivity contribution is 0.0601. The minimum Gasteiger partial charge on any atom is -0.484 e. The number of benzene rings is 2. The van der Waals surface area contributed by atoms with Crippen LogP contribution in [0.1, 0.15) is 22.1 Å². The van der Waals surface area contributed by atoms with Crippen LogP contribution in [0.2, 0.25) is 0 Å². The van der Waals surface area contributed by atoms with E-state index in [0.29, 0.717) is 23.9 Å². The minimum absolute atomic E-state index is 0.203. The van der Waals surface area contributed by atoms with Crippen molar-refractivity contribution in [3.63, 3.8) is 0 Å². The molecule has 0 aliphatic heterocycles. The quantitative estimate of drug-likeness (QED) is 0.662. The first-order valence-corrected chi connectivity index (χ1v) is 7.66. The summed E-state index contributed by atoms with van der Waals surface area (Å²) in [5.41, 5.74) is 1.22. The Morgan fingerprint density at radius 1 is 1.08 bits per heavy atom. The molecule has 0 aliphatic rings. The van der Waals surface area contributed by atoms with Gasteiger partial charge in [-0.25, -0.2) is 4.79 Å². The molecule has 3 aromatic rings. The third-order valence-corrected chi connectivity index (χ3v) is 3.34. The van der Waals surface area contributed by atoms with Crippen LogP contribution in [-0.2, 0) is 17.9 Å². The minimum atomic E-state index is -0.387. The average Bonchev–Trinajstić information content (AvgIpc) is 3.13. The number of nitrogens with zero attached hydrogens (tertiary/aromatic N) is 2. The number of aromatic nitrogens is 2. The first-order valence-electron chi connectivity index (χ1n) is 7.66. The van der Waals surface area contributed by atoms with Crippen molar-refractivity contribution in [2.24, 2.45) is 0 Å². The highest BCUT2D eigenvalue weighted by Gasteiger charge is 2.08. The van der Waals surface area contributed by atoms with Gasteiger partial charge in [0.05, 0.1) is 19.2 Å². The van der Waals surface area contributed by atoms with E-state index in [2.05, 4.69) is 15.5 Å². The summed E-state index contributed by atoms with van der Waals surface area (Å²) in [6, 6.07) is 16.4. The van der Waals surface area contributed by atoms with E-state index in [0.717, 1.165) is 11.4 Å². The van der Waals surface area contributed by atoms with E-state index >= 15 is 0 Å². The third kappa shape index (κ3) is 4.57. The molecule has 0 amide bonds. The molecular formula is C18H17N3O4. The monoisotopic (exact) mass is 339 g/mol. The number of ether oxygens (including phenoxy) is 2. The lowest BCUT2D eigenvalue weighted by atomic mass is 10.2. The number of anilines is 1. The van der Waals surface area contributed by atoms with Crippen LogP contribution >= 0.6 is 0 Å². The first kappa shape index (κ1) is 16.5. The number of esters is 1. The van der Waals surface area contributed by atoms with Crippen molar-refractivity contribution in [1.29, 1.82) is 0 Å². The predicted octanol–water partition coefficient (Wildman–Crippen LogP) is 3.05. The fraction of sp³-hybridized carbons (Fsp3) is 0.167. The summed E-state index contributed by atoms with van der Waals surface area (Å²) in [6.45, 7) is 0.539. The molecule has 128 valence electrons. The van der Waals surface area contributed by atoms with E-state index in [-0.39, 0.29) is 12.6 Å². The molecule has 25 heavy (non-hydrogen) atoms. The van der Waals surface area contributed by atoms with Crippen LogP contribution in [0.15, 0.2) is 59.0 Å². The molecule has 0 fully saturated rings. The summed E-state index contributed by atoms with van der Waals surface area (Å²) in [6.07, 6.45) is 0. The molecule has 0 saturated heterocycles. The number of rotatable bonds is 7. The Morgan fingerprint density at radius 2 is 1.88 bits per heavy atom. The number of carbonyl (C=O) groups excluding carboxylic acids is 1. The molecule has 0 unspecified atom stereocenters. The number of para-hydroxylation sites is 1. The number of nitrogens with one attached hydrogen (secondary N) is 1. The van der Waals surface area contributed by atoms with Gasteiger partial charge in [-0.05, 0) is 30.3 Å². The number of methoxy groups -OCH3 is 1. The maximum absolute atomic E-state index is 11.5. The number of hydrogen-bond acceptors (Lipinski definition) is 7. The summed E-state index contributed by atoms with van der Waals surface area (Å²) >= 11 is 0. The molecule has 1 N–H and O–H groups in total. The number of carbonyl (C=O) groups is 1. The van der Waals surface area contributed by atoms with Crippen LogP contribution < -0.4 is 10.1 Å². The average molecular weight is 339 g/mol. The summed E-state index contributed by atoms with van der Waals surface area (Å²) < 4.78 is 15.8. The molecular weight excluding hydrogens is 322 g/mol. The van der Waals surface area contributed by atoms with E-state index in [1.54, 1.807) is 18.2 Å². The van der Waals surface area contributed by atoms with E-state index in [1.807, 2.05) is 36.4 Å². The molecule has 0 bridgehead atoms. The Hall–Kier alpha value is -3.35. The van der Waals surface area contributed by atoms with Gasteiger partial charge in [0.25, 0.3) is 5.89 Å². The van der Waals surface area contributed by atoms with Gasteiger partial charge >= 0.3 is 5.97 Å². The molecule has 0 spiro atoms. The zero-order chi connectivity index (χ0) is 17.5. The third-order valence-electron chi connectivity index (χ3n) is 3.34. The molecule has 0 aliphatic carbocycles. The lowest BCUT2D eigenvalue weighted by Gasteiger charge is -2.05. The van der Waals surface area contributed by atoms with E-state index in [1.165, 1.54) is 7.11 Å². The Morgan fingerprint density at radius 3 is 2.68 bits per heavy atom. The van der Waals surface area contributed by atoms with Crippen molar-refractivity contribution in [3.8, 4) is 5.75 Å². The molecule has 7 nitrogen and oxygen atoms in total. The summed E-state index contributed by atoms with van der Waals surface area (Å²) in [7, 11) is 1.35. The van der Waals surface area contributed by atoms with Gasteiger partial charge in [0.1, 0.15) is 5.75 Å². The van der Waals surface area contributed by atoms with E-state index < -0.39 is 0 Å². The smallest absolute Gasteiger partial charge is 0.337 e. The van der Waals surface area contributed by atoms with Crippen LogP contribution in [0.5, 0.6) is 5.75 Å². The molecule has 7 heteroatoms. The predicted molar refractivity (Wildman–Crippen MR) is 90.2 cm³/mol. The fourth-order valence-electron chi connectivity index (χ4n) is 2.13. The first-order chi connectivity index (χ1) is 12.2. The standard InChI is InChI=1S/C18H17N3O4/c1-23-18(22)13-6-5-7-14(10-13)19-11-16-20-21-17(25-16)12-24-15-8-3-2-4-9-15/h2-10,19H,11-12H2,1H3. The van der Waals surface area contributed by atoms with Crippen molar-refractivity contribution in [1.82, 2.24) is 10.2 Å². The van der Waals surface area contributed by atoms with Gasteiger partial charge in [0, 0.05) is 5.69 Å². The fourth-order valence-corrected chi connectivity index (χ4v) is 2.13. The lowest BCUT2D eigenvalue weighted by Crippen LogP contribution is -2.04. The Bertz CT molecular complexity index is 833. The topological polar surface area (TPSA) is 86.5 Å². The molecule has 2 aromatic carbocycles. The van der Waals surface area contributed by atoms with Crippen molar-refractivity contribution >= 4 is 11.7 Å². The van der Waals surface area contributed by atoms with Crippen LogP contribution in [0.25, 0.3) is 0 Å². The van der Waals surface area contributed by atoms with Crippen LogP contribution in [-0.4, -0.2) is 23.3 Å². The Balaban J connectivity index is 1.54. The van der Waals surface area contributed by atoms with Crippen molar-refractivity contribution in [2.45, 2.75) is 13.2 Å². The summed E-state index contributed by atoms with van der Waals surface area (Å²) in [4.78, 5) is 11.5. The largest absolute Gasteiger partial charge is 0.484 e. The maximum atomic E-state index is 11.5. The Kier molecular flexibility index (Phi) is 5.26. The summed E-state index contributed by atoms with van der Waals surface area (Å²) in [5.74, 6) is 1.17.